The van der Waals surface area contributed by atoms with E-state index in [-0.39, 0.29) is 0 Å². The number of rotatable bonds is 6. The monoisotopic (exact) mass is 241 g/mol. The summed E-state index contributed by atoms with van der Waals surface area (Å²) in [6.45, 7) is 10.9. The van der Waals surface area contributed by atoms with E-state index in [9.17, 15) is 0 Å². The third-order valence-corrected chi connectivity index (χ3v) is 4.26. The molecule has 4 heteroatoms. The molecule has 0 saturated heterocycles. The predicted octanol–water partition coefficient (Wildman–Crippen LogP) is 3.30. The Morgan fingerprint density at radius 3 is 2.31 bits per heavy atom. The Morgan fingerprint density at radius 2 is 1.94 bits per heavy atom. The maximum Gasteiger partial charge on any atom is 0.142 e. The van der Waals surface area contributed by atoms with Crippen molar-refractivity contribution in [1.82, 2.24) is 4.37 Å². The highest BCUT2D eigenvalue weighted by Crippen LogP contribution is 2.30. The molecule has 1 aromatic rings. The van der Waals surface area contributed by atoms with Gasteiger partial charge in [0, 0.05) is 18.7 Å². The van der Waals surface area contributed by atoms with Crippen LogP contribution >= 0.6 is 11.5 Å². The van der Waals surface area contributed by atoms with Gasteiger partial charge in [0.05, 0.1) is 0 Å². The third kappa shape index (κ3) is 2.88. The first-order valence-electron chi connectivity index (χ1n) is 6.10. The molecular weight excluding hydrogens is 218 g/mol. The Kier molecular flexibility index (Phi) is 5.06. The fourth-order valence-corrected chi connectivity index (χ4v) is 2.73. The lowest BCUT2D eigenvalue weighted by molar-refractivity contribution is 0.487. The minimum atomic E-state index is 0.683. The van der Waals surface area contributed by atoms with Crippen LogP contribution in [-0.2, 0) is 0 Å². The zero-order valence-electron chi connectivity index (χ0n) is 10.8. The van der Waals surface area contributed by atoms with E-state index in [0.717, 1.165) is 24.6 Å². The molecule has 0 aliphatic carbocycles. The second-order valence-corrected chi connectivity index (χ2v) is 4.97. The normalized spacial score (nSPS) is 11.1. The van der Waals surface area contributed by atoms with Crippen molar-refractivity contribution in [2.45, 2.75) is 40.5 Å². The van der Waals surface area contributed by atoms with Crippen molar-refractivity contribution in [2.24, 2.45) is 5.92 Å². The first-order chi connectivity index (χ1) is 7.63. The van der Waals surface area contributed by atoms with Crippen molar-refractivity contribution in [1.29, 1.82) is 0 Å². The molecule has 0 saturated carbocycles. The maximum atomic E-state index is 5.80. The van der Waals surface area contributed by atoms with Gasteiger partial charge in [-0.3, -0.25) is 0 Å². The summed E-state index contributed by atoms with van der Waals surface area (Å²) < 4.78 is 4.22. The molecule has 1 heterocycles. The van der Waals surface area contributed by atoms with E-state index in [1.807, 2.05) is 0 Å². The van der Waals surface area contributed by atoms with Crippen LogP contribution in [0.15, 0.2) is 0 Å². The topological polar surface area (TPSA) is 42.2 Å². The lowest BCUT2D eigenvalue weighted by Gasteiger charge is -2.26. The summed E-state index contributed by atoms with van der Waals surface area (Å²) in [5.41, 5.74) is 6.94. The molecule has 0 unspecified atom stereocenters. The van der Waals surface area contributed by atoms with Crippen molar-refractivity contribution < 1.29 is 0 Å². The van der Waals surface area contributed by atoms with Gasteiger partial charge in [0.1, 0.15) is 10.8 Å². The highest BCUT2D eigenvalue weighted by atomic mass is 32.1. The molecule has 1 aromatic heterocycles. The van der Waals surface area contributed by atoms with Gasteiger partial charge in [-0.05, 0) is 31.3 Å². The van der Waals surface area contributed by atoms with Crippen molar-refractivity contribution >= 4 is 22.4 Å². The average molecular weight is 241 g/mol. The maximum absolute atomic E-state index is 5.80. The standard InChI is InChI=1S/C12H23N3S/c1-5-10(6-2)8-15(7-3)12-9(4)11(13)14-16-12/h10H,5-8H2,1-4H3,(H2,13,14). The molecule has 2 N–H and O–H groups in total. The largest absolute Gasteiger partial charge is 0.383 e. The number of nitrogen functional groups attached to an aromatic ring is 1. The smallest absolute Gasteiger partial charge is 0.142 e. The van der Waals surface area contributed by atoms with Crippen molar-refractivity contribution in [3.63, 3.8) is 0 Å². The molecule has 0 bridgehead atoms. The van der Waals surface area contributed by atoms with E-state index in [1.54, 1.807) is 0 Å². The molecule has 0 radical (unpaired) electrons. The molecule has 0 aromatic carbocycles. The summed E-state index contributed by atoms with van der Waals surface area (Å²) in [4.78, 5) is 2.40. The van der Waals surface area contributed by atoms with Crippen LogP contribution in [-0.4, -0.2) is 17.5 Å². The van der Waals surface area contributed by atoms with Gasteiger partial charge in [0.15, 0.2) is 0 Å². The Balaban J connectivity index is 2.78. The zero-order chi connectivity index (χ0) is 12.1. The summed E-state index contributed by atoms with van der Waals surface area (Å²) in [5, 5.41) is 1.24. The van der Waals surface area contributed by atoms with Crippen LogP contribution in [0, 0.1) is 12.8 Å². The number of anilines is 2. The fourth-order valence-electron chi connectivity index (χ4n) is 1.85. The fraction of sp³-hybridized carbons (Fsp3) is 0.750. The van der Waals surface area contributed by atoms with Crippen LogP contribution < -0.4 is 10.6 Å². The number of hydrogen-bond donors (Lipinski definition) is 1. The zero-order valence-corrected chi connectivity index (χ0v) is 11.6. The number of aromatic nitrogens is 1. The Labute approximate surface area is 103 Å². The van der Waals surface area contributed by atoms with Gasteiger partial charge in [0.25, 0.3) is 0 Å². The Hall–Kier alpha value is -0.770. The van der Waals surface area contributed by atoms with Crippen molar-refractivity contribution in [3.05, 3.63) is 5.56 Å². The highest BCUT2D eigenvalue weighted by Gasteiger charge is 2.16. The van der Waals surface area contributed by atoms with Crippen LogP contribution in [0.4, 0.5) is 10.8 Å². The molecule has 0 fully saturated rings. The lowest BCUT2D eigenvalue weighted by atomic mass is 10.0. The summed E-state index contributed by atoms with van der Waals surface area (Å²) >= 11 is 1.52. The molecule has 0 spiro atoms. The summed E-state index contributed by atoms with van der Waals surface area (Å²) in [7, 11) is 0. The van der Waals surface area contributed by atoms with Gasteiger partial charge >= 0.3 is 0 Å². The molecule has 3 nitrogen and oxygen atoms in total. The highest BCUT2D eigenvalue weighted by molar-refractivity contribution is 7.10. The predicted molar refractivity (Wildman–Crippen MR) is 73.2 cm³/mol. The molecular formula is C12H23N3S. The van der Waals surface area contributed by atoms with E-state index in [2.05, 4.69) is 37.0 Å². The Morgan fingerprint density at radius 1 is 1.31 bits per heavy atom. The van der Waals surface area contributed by atoms with E-state index in [1.165, 1.54) is 29.4 Å². The molecule has 0 amide bonds. The minimum Gasteiger partial charge on any atom is -0.383 e. The van der Waals surface area contributed by atoms with Gasteiger partial charge < -0.3 is 10.6 Å². The van der Waals surface area contributed by atoms with Crippen LogP contribution in [0.1, 0.15) is 39.2 Å². The van der Waals surface area contributed by atoms with Gasteiger partial charge in [-0.25, -0.2) is 0 Å². The van der Waals surface area contributed by atoms with Gasteiger partial charge in [0.2, 0.25) is 0 Å². The third-order valence-electron chi connectivity index (χ3n) is 3.24. The molecule has 0 aliphatic heterocycles. The SMILES string of the molecule is CCC(CC)CN(CC)c1snc(N)c1C. The summed E-state index contributed by atoms with van der Waals surface area (Å²) in [5.74, 6) is 1.45. The molecule has 92 valence electrons. The van der Waals surface area contributed by atoms with E-state index >= 15 is 0 Å². The Bertz CT molecular complexity index is 318. The van der Waals surface area contributed by atoms with Crippen LogP contribution in [0.3, 0.4) is 0 Å². The van der Waals surface area contributed by atoms with Gasteiger partial charge in [-0.1, -0.05) is 26.7 Å². The van der Waals surface area contributed by atoms with Crippen molar-refractivity contribution in [2.75, 3.05) is 23.7 Å². The lowest BCUT2D eigenvalue weighted by Crippen LogP contribution is -2.28. The van der Waals surface area contributed by atoms with Crippen LogP contribution in [0.2, 0.25) is 0 Å². The number of nitrogens with zero attached hydrogens (tertiary/aromatic N) is 2. The molecule has 1 rings (SSSR count). The first kappa shape index (κ1) is 13.3. The second kappa shape index (κ2) is 6.09. The van der Waals surface area contributed by atoms with Crippen LogP contribution in [0.25, 0.3) is 0 Å². The quantitative estimate of drug-likeness (QED) is 0.831. The first-order valence-corrected chi connectivity index (χ1v) is 6.87. The summed E-state index contributed by atoms with van der Waals surface area (Å²) in [6, 6.07) is 0. The second-order valence-electron chi connectivity index (χ2n) is 4.22. The summed E-state index contributed by atoms with van der Waals surface area (Å²) in [6.07, 6.45) is 2.47. The van der Waals surface area contributed by atoms with E-state index < -0.39 is 0 Å². The molecule has 16 heavy (non-hydrogen) atoms. The van der Waals surface area contributed by atoms with E-state index in [4.69, 9.17) is 5.73 Å². The van der Waals surface area contributed by atoms with E-state index in [0.29, 0.717) is 5.82 Å². The number of hydrogen-bond acceptors (Lipinski definition) is 4. The van der Waals surface area contributed by atoms with Crippen LogP contribution in [0.5, 0.6) is 0 Å². The number of nitrogens with two attached hydrogens (primary N) is 1. The molecule has 0 aliphatic rings. The van der Waals surface area contributed by atoms with Gasteiger partial charge in [-0.15, -0.1) is 0 Å². The van der Waals surface area contributed by atoms with Gasteiger partial charge in [-0.2, -0.15) is 4.37 Å². The molecule has 0 atom stereocenters. The minimum absolute atomic E-state index is 0.683. The van der Waals surface area contributed by atoms with Crippen molar-refractivity contribution in [3.8, 4) is 0 Å². The average Bonchev–Trinajstić information content (AvgIpc) is 2.62.